The first-order valence-electron chi connectivity index (χ1n) is 5.81. The highest BCUT2D eigenvalue weighted by Crippen LogP contribution is 2.29. The lowest BCUT2D eigenvalue weighted by molar-refractivity contribution is 0.280. The van der Waals surface area contributed by atoms with Gasteiger partial charge in [0.2, 0.25) is 0 Å². The average molecular weight is 290 g/mol. The summed E-state index contributed by atoms with van der Waals surface area (Å²) < 4.78 is 5.76. The molecule has 2 nitrogen and oxygen atoms in total. The van der Waals surface area contributed by atoms with Crippen LogP contribution in [0.4, 0.5) is 0 Å². The molecule has 0 saturated heterocycles. The van der Waals surface area contributed by atoms with Crippen LogP contribution >= 0.6 is 24.0 Å². The van der Waals surface area contributed by atoms with E-state index in [0.29, 0.717) is 11.6 Å². The van der Waals surface area contributed by atoms with E-state index in [1.54, 1.807) is 0 Å². The lowest BCUT2D eigenvalue weighted by atomic mass is 10.1. The molecule has 0 unspecified atom stereocenters. The average Bonchev–Trinajstić information content (AvgIpc) is 2.27. The Morgan fingerprint density at radius 1 is 1.39 bits per heavy atom. The van der Waals surface area contributed by atoms with Crippen LogP contribution in [0.15, 0.2) is 30.9 Å². The van der Waals surface area contributed by atoms with E-state index in [-0.39, 0.29) is 12.4 Å². The maximum Gasteiger partial charge on any atom is 0.141 e. The van der Waals surface area contributed by atoms with Crippen molar-refractivity contribution in [3.8, 4) is 5.75 Å². The van der Waals surface area contributed by atoms with Crippen LogP contribution in [0.25, 0.3) is 0 Å². The number of hydrogen-bond acceptors (Lipinski definition) is 2. The van der Waals surface area contributed by atoms with Crippen molar-refractivity contribution in [1.82, 2.24) is 4.90 Å². The van der Waals surface area contributed by atoms with Crippen molar-refractivity contribution in [3.05, 3.63) is 41.4 Å². The summed E-state index contributed by atoms with van der Waals surface area (Å²) >= 11 is 6.14. The molecule has 0 fully saturated rings. The smallest absolute Gasteiger partial charge is 0.141 e. The molecule has 18 heavy (non-hydrogen) atoms. The Kier molecular flexibility index (Phi) is 8.90. The molecule has 0 amide bonds. The maximum atomic E-state index is 6.14. The van der Waals surface area contributed by atoms with Crippen molar-refractivity contribution in [1.29, 1.82) is 0 Å². The Bertz CT molecular complexity index is 367. The van der Waals surface area contributed by atoms with Crippen LogP contribution in [0, 0.1) is 0 Å². The summed E-state index contributed by atoms with van der Waals surface area (Å²) in [5, 5.41) is 0.675. The van der Waals surface area contributed by atoms with Crippen LogP contribution in [0.5, 0.6) is 5.75 Å². The van der Waals surface area contributed by atoms with Gasteiger partial charge in [0.15, 0.2) is 0 Å². The summed E-state index contributed by atoms with van der Waals surface area (Å²) in [6.45, 7) is 5.44. The van der Waals surface area contributed by atoms with Crippen LogP contribution < -0.4 is 4.74 Å². The van der Waals surface area contributed by atoms with E-state index in [9.17, 15) is 0 Å². The molecule has 0 N–H and O–H groups in total. The second kappa shape index (κ2) is 9.26. The van der Waals surface area contributed by atoms with Crippen LogP contribution in [0.3, 0.4) is 0 Å². The molecule has 0 aliphatic heterocycles. The molecule has 0 atom stereocenters. The van der Waals surface area contributed by atoms with E-state index in [1.165, 1.54) is 0 Å². The van der Waals surface area contributed by atoms with E-state index < -0.39 is 0 Å². The number of benzene rings is 1. The monoisotopic (exact) mass is 289 g/mol. The number of allylic oxidation sites excluding steroid dienone is 1. The topological polar surface area (TPSA) is 12.5 Å². The van der Waals surface area contributed by atoms with Crippen molar-refractivity contribution in [3.63, 3.8) is 0 Å². The molecule has 1 aromatic rings. The first-order valence-corrected chi connectivity index (χ1v) is 6.18. The number of halogens is 2. The first kappa shape index (κ1) is 17.3. The van der Waals surface area contributed by atoms with E-state index in [0.717, 1.165) is 30.7 Å². The quantitative estimate of drug-likeness (QED) is 0.559. The predicted molar refractivity (Wildman–Crippen MR) is 81.3 cm³/mol. The second-order valence-electron chi connectivity index (χ2n) is 4.23. The lowest BCUT2D eigenvalue weighted by Gasteiger charge is -2.13. The standard InChI is InChI=1S/C14H20ClNO.ClH/c1-4-7-12-8-5-9-13(15)14(12)17-11-6-10-16(2)3;/h4-5,8-9H,1,6-7,10-11H2,2-3H3;1H. The van der Waals surface area contributed by atoms with Crippen molar-refractivity contribution < 1.29 is 4.74 Å². The molecule has 0 aliphatic carbocycles. The molecule has 0 aliphatic rings. The van der Waals surface area contributed by atoms with Crippen molar-refractivity contribution >= 4 is 24.0 Å². The van der Waals surface area contributed by atoms with Crippen LogP contribution in [0.2, 0.25) is 5.02 Å². The SMILES string of the molecule is C=CCc1cccc(Cl)c1OCCCN(C)C.Cl. The van der Waals surface area contributed by atoms with Gasteiger partial charge in [-0.15, -0.1) is 19.0 Å². The third-order valence-electron chi connectivity index (χ3n) is 2.41. The summed E-state index contributed by atoms with van der Waals surface area (Å²) in [6.07, 6.45) is 3.63. The highest BCUT2D eigenvalue weighted by atomic mass is 35.5. The molecule has 1 aromatic carbocycles. The second-order valence-corrected chi connectivity index (χ2v) is 4.63. The summed E-state index contributed by atoms with van der Waals surface area (Å²) in [5.74, 6) is 0.799. The molecule has 0 radical (unpaired) electrons. The highest BCUT2D eigenvalue weighted by Gasteiger charge is 2.06. The lowest BCUT2D eigenvalue weighted by Crippen LogP contribution is -2.15. The minimum atomic E-state index is 0. The predicted octanol–water partition coefficient (Wildman–Crippen LogP) is 3.82. The maximum absolute atomic E-state index is 6.14. The van der Waals surface area contributed by atoms with E-state index in [2.05, 4.69) is 25.6 Å². The third-order valence-corrected chi connectivity index (χ3v) is 2.71. The van der Waals surface area contributed by atoms with Gasteiger partial charge in [0.25, 0.3) is 0 Å². The minimum absolute atomic E-state index is 0. The Hall–Kier alpha value is -0.700. The Morgan fingerprint density at radius 2 is 2.11 bits per heavy atom. The molecule has 0 saturated carbocycles. The number of hydrogen-bond donors (Lipinski definition) is 0. The van der Waals surface area contributed by atoms with Crippen molar-refractivity contribution in [2.24, 2.45) is 0 Å². The fourth-order valence-electron chi connectivity index (χ4n) is 1.59. The number of rotatable bonds is 7. The fraction of sp³-hybridized carbons (Fsp3) is 0.429. The number of ether oxygens (including phenoxy) is 1. The zero-order valence-corrected chi connectivity index (χ0v) is 12.6. The van der Waals surface area contributed by atoms with Gasteiger partial charge in [-0.1, -0.05) is 29.8 Å². The molecule has 0 bridgehead atoms. The van der Waals surface area contributed by atoms with Gasteiger partial charge in [0.05, 0.1) is 11.6 Å². The Balaban J connectivity index is 0.00000289. The molecule has 0 heterocycles. The highest BCUT2D eigenvalue weighted by molar-refractivity contribution is 6.32. The molecular formula is C14H21Cl2NO. The van der Waals surface area contributed by atoms with Crippen molar-refractivity contribution in [2.45, 2.75) is 12.8 Å². The largest absolute Gasteiger partial charge is 0.492 e. The van der Waals surface area contributed by atoms with Gasteiger partial charge in [-0.2, -0.15) is 0 Å². The Morgan fingerprint density at radius 3 is 2.72 bits per heavy atom. The van der Waals surface area contributed by atoms with E-state index in [1.807, 2.05) is 24.3 Å². The zero-order chi connectivity index (χ0) is 12.7. The van der Waals surface area contributed by atoms with Gasteiger partial charge in [0.1, 0.15) is 5.75 Å². The number of nitrogens with zero attached hydrogens (tertiary/aromatic N) is 1. The molecule has 102 valence electrons. The number of para-hydroxylation sites is 1. The van der Waals surface area contributed by atoms with E-state index >= 15 is 0 Å². The van der Waals surface area contributed by atoms with Gasteiger partial charge >= 0.3 is 0 Å². The van der Waals surface area contributed by atoms with Crippen LogP contribution in [-0.4, -0.2) is 32.1 Å². The molecule has 0 aromatic heterocycles. The molecular weight excluding hydrogens is 269 g/mol. The summed E-state index contributed by atoms with van der Waals surface area (Å²) in [6, 6.07) is 5.82. The van der Waals surface area contributed by atoms with Gasteiger partial charge in [-0.3, -0.25) is 0 Å². The fourth-order valence-corrected chi connectivity index (χ4v) is 1.84. The first-order chi connectivity index (χ1) is 8.15. The minimum Gasteiger partial charge on any atom is -0.492 e. The third kappa shape index (κ3) is 5.76. The van der Waals surface area contributed by atoms with Gasteiger partial charge in [-0.05, 0) is 38.6 Å². The van der Waals surface area contributed by atoms with Gasteiger partial charge < -0.3 is 9.64 Å². The summed E-state index contributed by atoms with van der Waals surface area (Å²) in [4.78, 5) is 2.14. The van der Waals surface area contributed by atoms with Gasteiger partial charge in [-0.25, -0.2) is 0 Å². The zero-order valence-electron chi connectivity index (χ0n) is 11.0. The van der Waals surface area contributed by atoms with Crippen LogP contribution in [0.1, 0.15) is 12.0 Å². The Labute approximate surface area is 121 Å². The van der Waals surface area contributed by atoms with Crippen LogP contribution in [-0.2, 0) is 6.42 Å². The molecule has 1 rings (SSSR count). The van der Waals surface area contributed by atoms with E-state index in [4.69, 9.17) is 16.3 Å². The summed E-state index contributed by atoms with van der Waals surface area (Å²) in [7, 11) is 4.11. The normalized spacial score (nSPS) is 10.0. The molecule has 0 spiro atoms. The van der Waals surface area contributed by atoms with Gasteiger partial charge in [0, 0.05) is 6.54 Å². The summed E-state index contributed by atoms with van der Waals surface area (Å²) in [5.41, 5.74) is 1.09. The van der Waals surface area contributed by atoms with Crippen molar-refractivity contribution in [2.75, 3.05) is 27.2 Å². The molecule has 4 heteroatoms.